The molecule has 0 radical (unpaired) electrons. The fraction of sp³-hybridized carbons (Fsp3) is 0.222. The van der Waals surface area contributed by atoms with Crippen molar-refractivity contribution >= 4 is 11.8 Å². The van der Waals surface area contributed by atoms with Gasteiger partial charge < -0.3 is 0 Å². The van der Waals surface area contributed by atoms with Crippen LogP contribution in [0.3, 0.4) is 0 Å². The average Bonchev–Trinajstić information content (AvgIpc) is 2.18. The number of carbonyl (C=O) groups excluding carboxylic acids is 2. The smallest absolute Gasteiger partial charge is 0.258 e. The Labute approximate surface area is 84.7 Å². The minimum atomic E-state index is -0.609. The average molecular weight is 213 g/mol. The van der Waals surface area contributed by atoms with Crippen molar-refractivity contribution in [1.82, 2.24) is 0 Å². The van der Waals surface area contributed by atoms with E-state index in [1.165, 1.54) is 12.1 Å². The van der Waals surface area contributed by atoms with Crippen LogP contribution in [-0.2, 0) is 16.0 Å². The number of hydrogen-bond acceptors (Lipinski definition) is 4. The van der Waals surface area contributed by atoms with E-state index < -0.39 is 10.7 Å². The zero-order valence-corrected chi connectivity index (χ0v) is 7.90. The molecule has 0 atom stereocenters. The third-order valence-electron chi connectivity index (χ3n) is 1.63. The molecule has 0 N–H and O–H groups in total. The van der Waals surface area contributed by atoms with Gasteiger partial charge >= 0.3 is 6.15 Å². The van der Waals surface area contributed by atoms with Gasteiger partial charge in [-0.3, -0.25) is 10.1 Å². The Bertz CT molecular complexity index is 386. The Kier molecular flexibility index (Phi) is 5.51. The molecule has 0 fully saturated rings. The molecule has 1 aromatic carbocycles. The van der Waals surface area contributed by atoms with Crippen LogP contribution in [0.4, 0.5) is 10.1 Å². The van der Waals surface area contributed by atoms with Crippen LogP contribution < -0.4 is 0 Å². The van der Waals surface area contributed by atoms with Crippen LogP contribution >= 0.6 is 0 Å². The minimum absolute atomic E-state index is 0.204. The fourth-order valence-corrected chi connectivity index (χ4v) is 0.937. The second kappa shape index (κ2) is 6.39. The Morgan fingerprint density at radius 1 is 1.47 bits per heavy atom. The standard InChI is InChI=1S/C8H8FNO2.CO2/c1-2-6-3-4-7(10(11)12)5-8(6)9;2-1-3/h3-5H,2H2,1H3;. The molecule has 0 saturated carbocycles. The number of nitrogens with zero attached hydrogens (tertiary/aromatic N) is 1. The number of non-ortho nitro benzene ring substituents is 1. The molecule has 0 aliphatic heterocycles. The molecule has 6 heteroatoms. The number of aryl methyl sites for hydroxylation is 1. The molecule has 0 amide bonds. The predicted octanol–water partition coefficient (Wildman–Crippen LogP) is 1.71. The van der Waals surface area contributed by atoms with Crippen LogP contribution in [0.5, 0.6) is 0 Å². The van der Waals surface area contributed by atoms with Gasteiger partial charge in [-0.15, -0.1) is 0 Å². The lowest BCUT2D eigenvalue weighted by molar-refractivity contribution is -0.385. The van der Waals surface area contributed by atoms with E-state index in [1.807, 2.05) is 0 Å². The van der Waals surface area contributed by atoms with E-state index in [-0.39, 0.29) is 11.8 Å². The van der Waals surface area contributed by atoms with E-state index >= 15 is 0 Å². The van der Waals surface area contributed by atoms with Crippen molar-refractivity contribution in [2.45, 2.75) is 13.3 Å². The Hall–Kier alpha value is -2.07. The van der Waals surface area contributed by atoms with Gasteiger partial charge in [0, 0.05) is 6.07 Å². The fourth-order valence-electron chi connectivity index (χ4n) is 0.937. The van der Waals surface area contributed by atoms with E-state index in [0.717, 1.165) is 6.07 Å². The monoisotopic (exact) mass is 213 g/mol. The number of benzene rings is 1. The Morgan fingerprint density at radius 2 is 2.00 bits per heavy atom. The van der Waals surface area contributed by atoms with E-state index in [1.54, 1.807) is 6.92 Å². The SMILES string of the molecule is CCc1ccc([N+](=O)[O-])cc1F.O=C=O. The molecule has 0 aliphatic carbocycles. The van der Waals surface area contributed by atoms with Crippen molar-refractivity contribution in [3.05, 3.63) is 39.7 Å². The topological polar surface area (TPSA) is 77.3 Å². The van der Waals surface area contributed by atoms with E-state index in [4.69, 9.17) is 9.59 Å². The van der Waals surface area contributed by atoms with Crippen molar-refractivity contribution in [2.24, 2.45) is 0 Å². The molecule has 80 valence electrons. The summed E-state index contributed by atoms with van der Waals surface area (Å²) in [4.78, 5) is 25.8. The molecular formula is C9H8FNO4. The van der Waals surface area contributed by atoms with Crippen LogP contribution in [0, 0.1) is 15.9 Å². The van der Waals surface area contributed by atoms with Gasteiger partial charge in [0.1, 0.15) is 5.82 Å². The van der Waals surface area contributed by atoms with Gasteiger partial charge in [-0.25, -0.2) is 4.39 Å². The first-order chi connectivity index (χ1) is 7.06. The molecule has 0 aromatic heterocycles. The second-order valence-electron chi connectivity index (χ2n) is 2.47. The summed E-state index contributed by atoms with van der Waals surface area (Å²) < 4.78 is 12.9. The second-order valence-corrected chi connectivity index (χ2v) is 2.47. The van der Waals surface area contributed by atoms with Crippen molar-refractivity contribution in [2.75, 3.05) is 0 Å². The van der Waals surface area contributed by atoms with E-state index in [0.29, 0.717) is 12.0 Å². The minimum Gasteiger partial charge on any atom is -0.258 e. The molecule has 15 heavy (non-hydrogen) atoms. The largest absolute Gasteiger partial charge is 0.373 e. The summed E-state index contributed by atoms with van der Waals surface area (Å²) in [6, 6.07) is 3.69. The third kappa shape index (κ3) is 4.10. The summed E-state index contributed by atoms with van der Waals surface area (Å²) >= 11 is 0. The molecule has 0 spiro atoms. The van der Waals surface area contributed by atoms with Gasteiger partial charge in [0.05, 0.1) is 11.0 Å². The highest BCUT2D eigenvalue weighted by Gasteiger charge is 2.08. The van der Waals surface area contributed by atoms with Gasteiger partial charge in [0.15, 0.2) is 0 Å². The Morgan fingerprint density at radius 3 is 2.33 bits per heavy atom. The number of nitro groups is 1. The first kappa shape index (κ1) is 12.9. The van der Waals surface area contributed by atoms with Crippen molar-refractivity contribution in [3.63, 3.8) is 0 Å². The maximum atomic E-state index is 12.9. The normalized spacial score (nSPS) is 8.40. The van der Waals surface area contributed by atoms with E-state index in [2.05, 4.69) is 0 Å². The van der Waals surface area contributed by atoms with Crippen LogP contribution in [-0.4, -0.2) is 11.1 Å². The molecular weight excluding hydrogens is 205 g/mol. The first-order valence-electron chi connectivity index (χ1n) is 3.98. The van der Waals surface area contributed by atoms with Crippen LogP contribution in [0.1, 0.15) is 12.5 Å². The number of halogens is 1. The lowest BCUT2D eigenvalue weighted by Crippen LogP contribution is -1.92. The van der Waals surface area contributed by atoms with Gasteiger partial charge in [-0.1, -0.05) is 6.92 Å². The zero-order valence-electron chi connectivity index (χ0n) is 7.90. The van der Waals surface area contributed by atoms with Gasteiger partial charge in [-0.05, 0) is 18.1 Å². The molecule has 5 nitrogen and oxygen atoms in total. The highest BCUT2D eigenvalue weighted by molar-refractivity contribution is 5.34. The lowest BCUT2D eigenvalue weighted by Gasteiger charge is -1.97. The maximum Gasteiger partial charge on any atom is 0.373 e. The summed E-state index contributed by atoms with van der Waals surface area (Å²) in [7, 11) is 0. The summed E-state index contributed by atoms with van der Waals surface area (Å²) in [5, 5.41) is 10.2. The van der Waals surface area contributed by atoms with Crippen LogP contribution in [0.15, 0.2) is 18.2 Å². The summed E-state index contributed by atoms with van der Waals surface area (Å²) in [5.74, 6) is -0.508. The molecule has 0 heterocycles. The van der Waals surface area contributed by atoms with Gasteiger partial charge in [0.2, 0.25) is 0 Å². The summed E-state index contributed by atoms with van der Waals surface area (Å²) in [5.41, 5.74) is 0.297. The molecule has 0 saturated heterocycles. The molecule has 0 unspecified atom stereocenters. The number of rotatable bonds is 2. The number of nitro benzene ring substituents is 1. The molecule has 1 aromatic rings. The summed E-state index contributed by atoms with van der Waals surface area (Å²) in [6.07, 6.45) is 0.795. The molecule has 0 aliphatic rings. The zero-order chi connectivity index (χ0) is 11.8. The van der Waals surface area contributed by atoms with Crippen molar-refractivity contribution in [3.8, 4) is 0 Å². The lowest BCUT2D eigenvalue weighted by atomic mass is 10.1. The van der Waals surface area contributed by atoms with E-state index in [9.17, 15) is 14.5 Å². The predicted molar refractivity (Wildman–Crippen MR) is 47.4 cm³/mol. The number of hydrogen-bond donors (Lipinski definition) is 0. The van der Waals surface area contributed by atoms with Gasteiger partial charge in [-0.2, -0.15) is 9.59 Å². The van der Waals surface area contributed by atoms with Crippen LogP contribution in [0.25, 0.3) is 0 Å². The first-order valence-corrected chi connectivity index (χ1v) is 3.98. The third-order valence-corrected chi connectivity index (χ3v) is 1.63. The highest BCUT2D eigenvalue weighted by Crippen LogP contribution is 2.16. The highest BCUT2D eigenvalue weighted by atomic mass is 19.1. The molecule has 1 rings (SSSR count). The Balaban J connectivity index is 0.000000583. The van der Waals surface area contributed by atoms with Gasteiger partial charge in [0.25, 0.3) is 5.69 Å². The summed E-state index contributed by atoms with van der Waals surface area (Å²) in [6.45, 7) is 1.80. The van der Waals surface area contributed by atoms with Crippen molar-refractivity contribution in [1.29, 1.82) is 0 Å². The van der Waals surface area contributed by atoms with Crippen molar-refractivity contribution < 1.29 is 18.9 Å². The maximum absolute atomic E-state index is 12.9. The molecule has 0 bridgehead atoms. The quantitative estimate of drug-likeness (QED) is 0.553. The van der Waals surface area contributed by atoms with Crippen LogP contribution in [0.2, 0.25) is 0 Å².